The molecule has 2 aromatic rings. The molecule has 2 aliphatic rings. The quantitative estimate of drug-likeness (QED) is 0.690. The molecule has 0 bridgehead atoms. The number of aryl methyl sites for hydroxylation is 2. The highest BCUT2D eigenvalue weighted by Gasteiger charge is 2.20. The number of carbonyl (C=O) groups is 2. The maximum Gasteiger partial charge on any atom is 0.296 e. The lowest BCUT2D eigenvalue weighted by Gasteiger charge is -2.10. The van der Waals surface area contributed by atoms with Crippen molar-refractivity contribution in [2.75, 3.05) is 18.5 Å². The number of hydrogen-bond acceptors (Lipinski definition) is 4. The summed E-state index contributed by atoms with van der Waals surface area (Å²) in [5, 5.41) is 2.65. The van der Waals surface area contributed by atoms with Gasteiger partial charge >= 0.3 is 0 Å². The van der Waals surface area contributed by atoms with Gasteiger partial charge in [0, 0.05) is 23.7 Å². The Morgan fingerprint density at radius 3 is 2.52 bits per heavy atom. The fourth-order valence-corrected chi connectivity index (χ4v) is 3.27. The number of amides is 1. The van der Waals surface area contributed by atoms with Gasteiger partial charge in [-0.1, -0.05) is 12.1 Å². The summed E-state index contributed by atoms with van der Waals surface area (Å²) < 4.78 is 11.2. The van der Waals surface area contributed by atoms with Crippen LogP contribution < -0.4 is 14.8 Å². The number of benzene rings is 2. The fraction of sp³-hybridized carbons (Fsp3) is 0.300. The first-order valence-electron chi connectivity index (χ1n) is 8.58. The second kappa shape index (κ2) is 6.59. The monoisotopic (exact) mass is 337 g/mol. The van der Waals surface area contributed by atoms with Crippen molar-refractivity contribution < 1.29 is 19.1 Å². The summed E-state index contributed by atoms with van der Waals surface area (Å²) in [6, 6.07) is 10.7. The molecule has 0 saturated carbocycles. The Hall–Kier alpha value is -2.82. The lowest BCUT2D eigenvalue weighted by molar-refractivity contribution is -0.112. The highest BCUT2D eigenvalue weighted by Crippen LogP contribution is 2.32. The van der Waals surface area contributed by atoms with Crippen molar-refractivity contribution in [3.8, 4) is 11.5 Å². The lowest BCUT2D eigenvalue weighted by Crippen LogP contribution is -2.23. The molecule has 1 aliphatic carbocycles. The van der Waals surface area contributed by atoms with E-state index in [9.17, 15) is 9.59 Å². The van der Waals surface area contributed by atoms with Crippen LogP contribution in [0.1, 0.15) is 34.3 Å². The van der Waals surface area contributed by atoms with Crippen LogP contribution in [-0.2, 0) is 17.6 Å². The molecular formula is C20H19NO4. The highest BCUT2D eigenvalue weighted by atomic mass is 16.5. The molecule has 0 radical (unpaired) electrons. The Morgan fingerprint density at radius 1 is 0.840 bits per heavy atom. The minimum absolute atomic E-state index is 0.437. The Morgan fingerprint density at radius 2 is 1.64 bits per heavy atom. The highest BCUT2D eigenvalue weighted by molar-refractivity contribution is 6.46. The molecule has 128 valence electrons. The predicted octanol–water partition coefficient (Wildman–Crippen LogP) is 3.16. The summed E-state index contributed by atoms with van der Waals surface area (Å²) in [5.41, 5.74) is 3.41. The van der Waals surface area contributed by atoms with Gasteiger partial charge < -0.3 is 14.8 Å². The number of Topliss-reactive ketones (excluding diaryl/α,β-unsaturated/α-hetero) is 1. The second-order valence-electron chi connectivity index (χ2n) is 6.33. The summed E-state index contributed by atoms with van der Waals surface area (Å²) >= 11 is 0. The number of carbonyl (C=O) groups excluding carboxylic acids is 2. The van der Waals surface area contributed by atoms with Gasteiger partial charge in [0.25, 0.3) is 11.7 Å². The molecule has 1 N–H and O–H groups in total. The van der Waals surface area contributed by atoms with Crippen LogP contribution in [-0.4, -0.2) is 24.9 Å². The molecule has 4 rings (SSSR count). The van der Waals surface area contributed by atoms with Gasteiger partial charge in [-0.2, -0.15) is 0 Å². The van der Waals surface area contributed by atoms with Gasteiger partial charge in [0.05, 0.1) is 13.2 Å². The maximum absolute atomic E-state index is 12.4. The molecule has 0 aromatic heterocycles. The number of ether oxygens (including phenoxy) is 2. The van der Waals surface area contributed by atoms with Crippen LogP contribution >= 0.6 is 0 Å². The van der Waals surface area contributed by atoms with Crippen molar-refractivity contribution in [1.29, 1.82) is 0 Å². The zero-order valence-corrected chi connectivity index (χ0v) is 13.8. The normalized spacial score (nSPS) is 15.2. The van der Waals surface area contributed by atoms with E-state index in [0.717, 1.165) is 25.7 Å². The summed E-state index contributed by atoms with van der Waals surface area (Å²) in [5.74, 6) is 0.0648. The van der Waals surface area contributed by atoms with Crippen molar-refractivity contribution in [2.24, 2.45) is 0 Å². The molecule has 25 heavy (non-hydrogen) atoms. The number of hydrogen-bond donors (Lipinski definition) is 1. The average Bonchev–Trinajstić information content (AvgIpc) is 2.97. The number of anilines is 1. The van der Waals surface area contributed by atoms with E-state index >= 15 is 0 Å². The second-order valence-corrected chi connectivity index (χ2v) is 6.33. The van der Waals surface area contributed by atoms with Gasteiger partial charge in [0.1, 0.15) is 0 Å². The molecule has 1 amide bonds. The van der Waals surface area contributed by atoms with E-state index in [2.05, 4.69) is 5.32 Å². The lowest BCUT2D eigenvalue weighted by atomic mass is 10.0. The SMILES string of the molecule is O=C(Nc1ccc2c(c1)OCCCO2)C(=O)c1ccc2c(c1)CCC2. The summed E-state index contributed by atoms with van der Waals surface area (Å²) in [6.07, 6.45) is 3.94. The van der Waals surface area contributed by atoms with Crippen molar-refractivity contribution in [1.82, 2.24) is 0 Å². The summed E-state index contributed by atoms with van der Waals surface area (Å²) in [6.45, 7) is 1.17. The minimum atomic E-state index is -0.646. The van der Waals surface area contributed by atoms with Gasteiger partial charge in [0.15, 0.2) is 11.5 Å². The van der Waals surface area contributed by atoms with Crippen LogP contribution in [0.3, 0.4) is 0 Å². The topological polar surface area (TPSA) is 64.6 Å². The largest absolute Gasteiger partial charge is 0.490 e. The van der Waals surface area contributed by atoms with Crippen LogP contribution in [0, 0.1) is 0 Å². The summed E-state index contributed by atoms with van der Waals surface area (Å²) in [4.78, 5) is 24.7. The molecule has 0 spiro atoms. The number of nitrogens with one attached hydrogen (secondary N) is 1. The van der Waals surface area contributed by atoms with E-state index in [1.165, 1.54) is 11.1 Å². The van der Waals surface area contributed by atoms with Crippen LogP contribution in [0.2, 0.25) is 0 Å². The van der Waals surface area contributed by atoms with Crippen LogP contribution in [0.25, 0.3) is 0 Å². The first kappa shape index (κ1) is 15.7. The van der Waals surface area contributed by atoms with E-state index < -0.39 is 11.7 Å². The van der Waals surface area contributed by atoms with Crippen molar-refractivity contribution in [3.63, 3.8) is 0 Å². The van der Waals surface area contributed by atoms with Crippen molar-refractivity contribution in [3.05, 3.63) is 53.1 Å². The molecule has 0 unspecified atom stereocenters. The Balaban J connectivity index is 1.50. The van der Waals surface area contributed by atoms with E-state index in [4.69, 9.17) is 9.47 Å². The molecule has 1 aliphatic heterocycles. The molecule has 5 nitrogen and oxygen atoms in total. The number of ketones is 1. The molecule has 0 fully saturated rings. The Labute approximate surface area is 145 Å². The van der Waals surface area contributed by atoms with Crippen LogP contribution in [0.15, 0.2) is 36.4 Å². The van der Waals surface area contributed by atoms with Crippen molar-refractivity contribution >= 4 is 17.4 Å². The van der Waals surface area contributed by atoms with Gasteiger partial charge in [-0.25, -0.2) is 0 Å². The third-order valence-corrected chi connectivity index (χ3v) is 4.57. The third-order valence-electron chi connectivity index (χ3n) is 4.57. The Kier molecular flexibility index (Phi) is 4.14. The molecule has 0 saturated heterocycles. The molecule has 0 atom stereocenters. The van der Waals surface area contributed by atoms with Crippen molar-refractivity contribution in [2.45, 2.75) is 25.7 Å². The molecule has 5 heteroatoms. The van der Waals surface area contributed by atoms with E-state index in [0.29, 0.717) is 36.0 Å². The Bertz CT molecular complexity index is 844. The van der Waals surface area contributed by atoms with Crippen LogP contribution in [0.5, 0.6) is 11.5 Å². The zero-order chi connectivity index (χ0) is 17.2. The minimum Gasteiger partial charge on any atom is -0.490 e. The molecule has 2 aromatic carbocycles. The summed E-state index contributed by atoms with van der Waals surface area (Å²) in [7, 11) is 0. The predicted molar refractivity (Wildman–Crippen MR) is 93.5 cm³/mol. The van der Waals surface area contributed by atoms with Crippen LogP contribution in [0.4, 0.5) is 5.69 Å². The third kappa shape index (κ3) is 3.22. The van der Waals surface area contributed by atoms with Gasteiger partial charge in [-0.05, 0) is 48.6 Å². The number of fused-ring (bicyclic) bond motifs is 2. The first-order valence-corrected chi connectivity index (χ1v) is 8.58. The smallest absolute Gasteiger partial charge is 0.296 e. The van der Waals surface area contributed by atoms with E-state index in [1.807, 2.05) is 12.1 Å². The van der Waals surface area contributed by atoms with E-state index in [-0.39, 0.29) is 0 Å². The first-order chi connectivity index (χ1) is 12.2. The van der Waals surface area contributed by atoms with Gasteiger partial charge in [0.2, 0.25) is 0 Å². The average molecular weight is 337 g/mol. The zero-order valence-electron chi connectivity index (χ0n) is 13.8. The van der Waals surface area contributed by atoms with E-state index in [1.54, 1.807) is 24.3 Å². The molecular weight excluding hydrogens is 318 g/mol. The maximum atomic E-state index is 12.4. The van der Waals surface area contributed by atoms with Gasteiger partial charge in [-0.15, -0.1) is 0 Å². The molecule has 1 heterocycles. The van der Waals surface area contributed by atoms with Gasteiger partial charge in [-0.3, -0.25) is 9.59 Å². The fourth-order valence-electron chi connectivity index (χ4n) is 3.27. The number of rotatable bonds is 3. The standard InChI is InChI=1S/C20H19NO4/c22-19(15-6-5-13-3-1-4-14(13)11-15)20(23)21-16-7-8-17-18(12-16)25-10-2-9-24-17/h5-8,11-12H,1-4,9-10H2,(H,21,23).